The Bertz CT molecular complexity index is 747. The predicted octanol–water partition coefficient (Wildman–Crippen LogP) is 2.28. The first-order valence-electron chi connectivity index (χ1n) is 8.11. The van der Waals surface area contributed by atoms with E-state index in [1.807, 2.05) is 13.8 Å². The van der Waals surface area contributed by atoms with Crippen molar-refractivity contribution in [1.82, 2.24) is 4.90 Å². The molecule has 1 fully saturated rings. The number of amides is 1. The lowest BCUT2D eigenvalue weighted by molar-refractivity contribution is -0.137. The summed E-state index contributed by atoms with van der Waals surface area (Å²) >= 11 is 3.27. The van der Waals surface area contributed by atoms with Crippen molar-refractivity contribution in [3.05, 3.63) is 34.3 Å². The Morgan fingerprint density at radius 1 is 1.32 bits per heavy atom. The molecular formula is C17H22BrNO5S. The number of carbonyl (C=O) groups excluding carboxylic acids is 2. The summed E-state index contributed by atoms with van der Waals surface area (Å²) in [4.78, 5) is 26.2. The minimum absolute atomic E-state index is 0.0242. The standard InChI is InChI=1S/C17H22BrNO5S/c1-12(2)9-19(13-7-8-25(22,23)11-13)16(20)10-24-17(21)14-5-3-4-6-15(14)18/h3-6,12-13H,7-11H2,1-2H3. The molecule has 1 aliphatic heterocycles. The number of benzene rings is 1. The zero-order chi connectivity index (χ0) is 18.6. The molecule has 1 heterocycles. The average Bonchev–Trinajstić information content (AvgIpc) is 2.90. The fourth-order valence-electron chi connectivity index (χ4n) is 2.78. The minimum atomic E-state index is -3.10. The summed E-state index contributed by atoms with van der Waals surface area (Å²) < 4.78 is 29.2. The summed E-state index contributed by atoms with van der Waals surface area (Å²) in [6, 6.07) is 6.45. The molecule has 0 N–H and O–H groups in total. The van der Waals surface area contributed by atoms with Gasteiger partial charge in [-0.2, -0.15) is 0 Å². The second-order valence-corrected chi connectivity index (χ2v) is 9.64. The molecule has 0 aromatic heterocycles. The highest BCUT2D eigenvalue weighted by atomic mass is 79.9. The van der Waals surface area contributed by atoms with Crippen LogP contribution in [0, 0.1) is 5.92 Å². The van der Waals surface area contributed by atoms with Crippen LogP contribution in [-0.4, -0.2) is 55.9 Å². The van der Waals surface area contributed by atoms with E-state index in [0.717, 1.165) is 0 Å². The van der Waals surface area contributed by atoms with Crippen LogP contribution in [0.5, 0.6) is 0 Å². The zero-order valence-corrected chi connectivity index (χ0v) is 16.7. The molecule has 1 unspecified atom stereocenters. The molecule has 8 heteroatoms. The van der Waals surface area contributed by atoms with Crippen LogP contribution in [0.1, 0.15) is 30.6 Å². The molecule has 25 heavy (non-hydrogen) atoms. The van der Waals surface area contributed by atoms with Gasteiger partial charge in [0.1, 0.15) is 0 Å². The maximum atomic E-state index is 12.5. The van der Waals surface area contributed by atoms with Gasteiger partial charge in [-0.05, 0) is 40.4 Å². The molecule has 138 valence electrons. The Kier molecular flexibility index (Phi) is 6.62. The van der Waals surface area contributed by atoms with Gasteiger partial charge in [0.05, 0.1) is 17.1 Å². The number of carbonyl (C=O) groups is 2. The summed E-state index contributed by atoms with van der Waals surface area (Å²) in [6.45, 7) is 3.95. The number of ether oxygens (including phenoxy) is 1. The van der Waals surface area contributed by atoms with Gasteiger partial charge in [0.15, 0.2) is 16.4 Å². The molecule has 0 bridgehead atoms. The van der Waals surface area contributed by atoms with Crippen molar-refractivity contribution in [3.63, 3.8) is 0 Å². The number of rotatable bonds is 6. The highest BCUT2D eigenvalue weighted by molar-refractivity contribution is 9.10. The Hall–Kier alpha value is -1.41. The third kappa shape index (κ3) is 5.54. The Balaban J connectivity index is 2.02. The summed E-state index contributed by atoms with van der Waals surface area (Å²) in [6.07, 6.45) is 0.430. The third-order valence-electron chi connectivity index (χ3n) is 3.95. The fraction of sp³-hybridized carbons (Fsp3) is 0.529. The summed E-state index contributed by atoms with van der Waals surface area (Å²) in [7, 11) is -3.10. The molecule has 1 aromatic rings. The molecule has 2 rings (SSSR count). The molecular weight excluding hydrogens is 410 g/mol. The van der Waals surface area contributed by atoms with E-state index in [1.165, 1.54) is 0 Å². The first kappa shape index (κ1) is 19.9. The number of esters is 1. The lowest BCUT2D eigenvalue weighted by Gasteiger charge is -2.29. The summed E-state index contributed by atoms with van der Waals surface area (Å²) in [5.74, 6) is -0.702. The molecule has 1 aromatic carbocycles. The van der Waals surface area contributed by atoms with Crippen LogP contribution in [0.25, 0.3) is 0 Å². The van der Waals surface area contributed by atoms with Crippen molar-refractivity contribution in [2.45, 2.75) is 26.3 Å². The molecule has 1 amide bonds. The van der Waals surface area contributed by atoms with Crippen molar-refractivity contribution in [2.24, 2.45) is 5.92 Å². The third-order valence-corrected chi connectivity index (χ3v) is 6.39. The normalized spacial score (nSPS) is 19.0. The Morgan fingerprint density at radius 2 is 2.00 bits per heavy atom. The number of hydrogen-bond donors (Lipinski definition) is 0. The Morgan fingerprint density at radius 3 is 2.56 bits per heavy atom. The molecule has 0 radical (unpaired) electrons. The van der Waals surface area contributed by atoms with Crippen molar-refractivity contribution in [2.75, 3.05) is 24.7 Å². The number of halogens is 1. The van der Waals surface area contributed by atoms with E-state index in [9.17, 15) is 18.0 Å². The van der Waals surface area contributed by atoms with Gasteiger partial charge in [-0.1, -0.05) is 26.0 Å². The van der Waals surface area contributed by atoms with Gasteiger partial charge < -0.3 is 9.64 Å². The van der Waals surface area contributed by atoms with E-state index < -0.39 is 22.4 Å². The van der Waals surface area contributed by atoms with Gasteiger partial charge in [0.25, 0.3) is 5.91 Å². The van der Waals surface area contributed by atoms with E-state index >= 15 is 0 Å². The first-order chi connectivity index (χ1) is 11.7. The van der Waals surface area contributed by atoms with Gasteiger partial charge in [-0.3, -0.25) is 4.79 Å². The van der Waals surface area contributed by atoms with Crippen LogP contribution >= 0.6 is 15.9 Å². The van der Waals surface area contributed by atoms with Crippen molar-refractivity contribution in [1.29, 1.82) is 0 Å². The van der Waals surface area contributed by atoms with Gasteiger partial charge in [0, 0.05) is 17.1 Å². The van der Waals surface area contributed by atoms with Gasteiger partial charge in [0.2, 0.25) is 0 Å². The molecule has 0 saturated carbocycles. The molecule has 0 aliphatic carbocycles. The molecule has 1 aliphatic rings. The van der Waals surface area contributed by atoms with E-state index in [2.05, 4.69) is 15.9 Å². The van der Waals surface area contributed by atoms with E-state index in [1.54, 1.807) is 29.2 Å². The van der Waals surface area contributed by atoms with Gasteiger partial charge in [-0.15, -0.1) is 0 Å². The topological polar surface area (TPSA) is 80.8 Å². The number of sulfone groups is 1. The van der Waals surface area contributed by atoms with Crippen LogP contribution in [0.15, 0.2) is 28.7 Å². The van der Waals surface area contributed by atoms with E-state index in [-0.39, 0.29) is 29.4 Å². The lowest BCUT2D eigenvalue weighted by atomic mass is 10.1. The van der Waals surface area contributed by atoms with Crippen molar-refractivity contribution < 1.29 is 22.7 Å². The van der Waals surface area contributed by atoms with Crippen molar-refractivity contribution >= 4 is 37.6 Å². The van der Waals surface area contributed by atoms with Crippen LogP contribution in [0.2, 0.25) is 0 Å². The fourth-order valence-corrected chi connectivity index (χ4v) is 4.96. The van der Waals surface area contributed by atoms with Gasteiger partial charge in [-0.25, -0.2) is 13.2 Å². The number of hydrogen-bond acceptors (Lipinski definition) is 5. The molecule has 0 spiro atoms. The van der Waals surface area contributed by atoms with Gasteiger partial charge >= 0.3 is 5.97 Å². The quantitative estimate of drug-likeness (QED) is 0.645. The average molecular weight is 432 g/mol. The minimum Gasteiger partial charge on any atom is -0.452 e. The lowest BCUT2D eigenvalue weighted by Crippen LogP contribution is -2.45. The largest absolute Gasteiger partial charge is 0.452 e. The summed E-state index contributed by atoms with van der Waals surface area (Å²) in [5, 5.41) is 0. The van der Waals surface area contributed by atoms with Crippen LogP contribution in [0.3, 0.4) is 0 Å². The van der Waals surface area contributed by atoms with Crippen LogP contribution in [-0.2, 0) is 19.4 Å². The molecule has 1 atom stereocenters. The van der Waals surface area contributed by atoms with Crippen molar-refractivity contribution in [3.8, 4) is 0 Å². The predicted molar refractivity (Wildman–Crippen MR) is 98.0 cm³/mol. The van der Waals surface area contributed by atoms with E-state index in [4.69, 9.17) is 4.74 Å². The second-order valence-electron chi connectivity index (χ2n) is 6.55. The maximum absolute atomic E-state index is 12.5. The Labute approximate surface area is 156 Å². The highest BCUT2D eigenvalue weighted by Crippen LogP contribution is 2.20. The smallest absolute Gasteiger partial charge is 0.339 e. The monoisotopic (exact) mass is 431 g/mol. The molecule has 6 nitrogen and oxygen atoms in total. The summed E-state index contributed by atoms with van der Waals surface area (Å²) in [5.41, 5.74) is 0.342. The number of nitrogens with zero attached hydrogens (tertiary/aromatic N) is 1. The SMILES string of the molecule is CC(C)CN(C(=O)COC(=O)c1ccccc1Br)C1CCS(=O)(=O)C1. The second kappa shape index (κ2) is 8.31. The highest BCUT2D eigenvalue weighted by Gasteiger charge is 2.35. The molecule has 1 saturated heterocycles. The zero-order valence-electron chi connectivity index (χ0n) is 14.3. The van der Waals surface area contributed by atoms with Crippen LogP contribution in [0.4, 0.5) is 0 Å². The first-order valence-corrected chi connectivity index (χ1v) is 10.7. The van der Waals surface area contributed by atoms with Crippen LogP contribution < -0.4 is 0 Å². The van der Waals surface area contributed by atoms with E-state index in [0.29, 0.717) is 23.0 Å². The maximum Gasteiger partial charge on any atom is 0.339 e.